The van der Waals surface area contributed by atoms with Crippen molar-refractivity contribution < 1.29 is 0 Å². The lowest BCUT2D eigenvalue weighted by molar-refractivity contribution is 0.503. The minimum atomic E-state index is 0.00984. The highest BCUT2D eigenvalue weighted by Crippen LogP contribution is 2.31. The van der Waals surface area contributed by atoms with E-state index in [-0.39, 0.29) is 4.75 Å². The van der Waals surface area contributed by atoms with Gasteiger partial charge in [-0.1, -0.05) is 13.8 Å². The molecule has 0 N–H and O–H groups in total. The first-order valence-electron chi connectivity index (χ1n) is 3.49. The van der Waals surface area contributed by atoms with Crippen molar-refractivity contribution in [2.75, 3.05) is 0 Å². The van der Waals surface area contributed by atoms with Crippen LogP contribution in [0.4, 0.5) is 0 Å². The Morgan fingerprint density at radius 2 is 2.00 bits per heavy atom. The monoisotopic (exact) mass is 161 g/mol. The third-order valence-corrected chi connectivity index (χ3v) is 1.92. The van der Waals surface area contributed by atoms with Crippen LogP contribution in [-0.4, -0.2) is 4.75 Å². The van der Waals surface area contributed by atoms with E-state index in [0.717, 1.165) is 18.4 Å². The van der Waals surface area contributed by atoms with Gasteiger partial charge in [0.1, 0.15) is 0 Å². The minimum absolute atomic E-state index is 0.00984. The second kappa shape index (κ2) is 3.96. The molecule has 0 aromatic carbocycles. The SMILES string of the molecule is CC(C)CC(C)(C)SN=O. The summed E-state index contributed by atoms with van der Waals surface area (Å²) in [6.07, 6.45) is 1.03. The summed E-state index contributed by atoms with van der Waals surface area (Å²) in [5.74, 6) is 0.629. The van der Waals surface area contributed by atoms with Gasteiger partial charge in [-0.15, -0.1) is 4.91 Å². The molecule has 0 saturated carbocycles. The molecule has 2 nitrogen and oxygen atoms in total. The van der Waals surface area contributed by atoms with Crippen LogP contribution >= 0.6 is 11.9 Å². The maximum Gasteiger partial charge on any atom is 0.0358 e. The fourth-order valence-electron chi connectivity index (χ4n) is 1.12. The number of hydrogen-bond donors (Lipinski definition) is 0. The van der Waals surface area contributed by atoms with Crippen molar-refractivity contribution >= 4 is 11.9 Å². The van der Waals surface area contributed by atoms with Gasteiger partial charge >= 0.3 is 0 Å². The van der Waals surface area contributed by atoms with Crippen molar-refractivity contribution in [3.8, 4) is 0 Å². The molecule has 10 heavy (non-hydrogen) atoms. The molecule has 0 aromatic rings. The van der Waals surface area contributed by atoms with Crippen LogP contribution in [0.15, 0.2) is 4.58 Å². The van der Waals surface area contributed by atoms with E-state index in [4.69, 9.17) is 0 Å². The summed E-state index contributed by atoms with van der Waals surface area (Å²) < 4.78 is 2.84. The van der Waals surface area contributed by atoms with Crippen molar-refractivity contribution in [1.82, 2.24) is 0 Å². The van der Waals surface area contributed by atoms with E-state index in [2.05, 4.69) is 18.4 Å². The lowest BCUT2D eigenvalue weighted by Crippen LogP contribution is -2.16. The first-order valence-corrected chi connectivity index (χ1v) is 4.26. The van der Waals surface area contributed by atoms with E-state index in [1.54, 1.807) is 0 Å². The smallest absolute Gasteiger partial charge is 0.0358 e. The summed E-state index contributed by atoms with van der Waals surface area (Å²) in [6.45, 7) is 8.37. The maximum atomic E-state index is 9.91. The number of hydrogen-bond acceptors (Lipinski definition) is 3. The van der Waals surface area contributed by atoms with E-state index >= 15 is 0 Å². The highest BCUT2D eigenvalue weighted by molar-refractivity contribution is 7.99. The van der Waals surface area contributed by atoms with Gasteiger partial charge in [0, 0.05) is 21.3 Å². The van der Waals surface area contributed by atoms with Crippen LogP contribution < -0.4 is 0 Å². The second-order valence-electron chi connectivity index (χ2n) is 3.52. The zero-order chi connectivity index (χ0) is 8.20. The van der Waals surface area contributed by atoms with Gasteiger partial charge in [-0.2, -0.15) is 0 Å². The van der Waals surface area contributed by atoms with Gasteiger partial charge in [-0.25, -0.2) is 0 Å². The molecule has 0 spiro atoms. The summed E-state index contributed by atoms with van der Waals surface area (Å²) in [7, 11) is 0. The Hall–Kier alpha value is -0.0500. The highest BCUT2D eigenvalue weighted by atomic mass is 32.2. The fraction of sp³-hybridized carbons (Fsp3) is 1.00. The quantitative estimate of drug-likeness (QED) is 0.468. The molecule has 0 atom stereocenters. The van der Waals surface area contributed by atoms with Crippen LogP contribution in [0.1, 0.15) is 34.1 Å². The van der Waals surface area contributed by atoms with E-state index < -0.39 is 0 Å². The predicted molar refractivity (Wildman–Crippen MR) is 46.9 cm³/mol. The summed E-state index contributed by atoms with van der Waals surface area (Å²) in [5, 5.41) is 0. The molecule has 0 aromatic heterocycles. The van der Waals surface area contributed by atoms with Gasteiger partial charge in [0.15, 0.2) is 0 Å². The van der Waals surface area contributed by atoms with E-state index in [0.29, 0.717) is 5.92 Å². The van der Waals surface area contributed by atoms with Crippen LogP contribution in [0.2, 0.25) is 0 Å². The zero-order valence-electron chi connectivity index (χ0n) is 7.05. The third-order valence-electron chi connectivity index (χ3n) is 1.18. The van der Waals surface area contributed by atoms with Gasteiger partial charge < -0.3 is 0 Å². The van der Waals surface area contributed by atoms with E-state index in [1.807, 2.05) is 13.8 Å². The molecule has 0 heterocycles. The van der Waals surface area contributed by atoms with Crippen LogP contribution in [0.25, 0.3) is 0 Å². The topological polar surface area (TPSA) is 29.4 Å². The Kier molecular flexibility index (Phi) is 3.94. The van der Waals surface area contributed by atoms with Crippen molar-refractivity contribution in [2.45, 2.75) is 38.9 Å². The van der Waals surface area contributed by atoms with Crippen LogP contribution in [-0.2, 0) is 0 Å². The lowest BCUT2D eigenvalue weighted by Gasteiger charge is -2.21. The number of nitroso groups, excluding NO2 is 1. The molecule has 60 valence electrons. The molecule has 0 radical (unpaired) electrons. The van der Waals surface area contributed by atoms with Crippen molar-refractivity contribution in [2.24, 2.45) is 10.5 Å². The second-order valence-corrected chi connectivity index (χ2v) is 4.96. The molecule has 3 heteroatoms. The van der Waals surface area contributed by atoms with Gasteiger partial charge in [0.25, 0.3) is 0 Å². The van der Waals surface area contributed by atoms with Crippen LogP contribution in [0.5, 0.6) is 0 Å². The largest absolute Gasteiger partial charge is 0.137 e. The minimum Gasteiger partial charge on any atom is -0.137 e. The fourth-order valence-corrected chi connectivity index (χ4v) is 1.73. The van der Waals surface area contributed by atoms with Crippen LogP contribution in [0.3, 0.4) is 0 Å². The molecule has 0 fully saturated rings. The maximum absolute atomic E-state index is 9.91. The Morgan fingerprint density at radius 3 is 2.30 bits per heavy atom. The van der Waals surface area contributed by atoms with Gasteiger partial charge in [-0.05, 0) is 26.2 Å². The average Bonchev–Trinajstić information content (AvgIpc) is 1.59. The van der Waals surface area contributed by atoms with Gasteiger partial charge in [0.05, 0.1) is 0 Å². The molecule has 0 aliphatic rings. The van der Waals surface area contributed by atoms with Crippen molar-refractivity contribution in [3.63, 3.8) is 0 Å². The predicted octanol–water partition coefficient (Wildman–Crippen LogP) is 3.23. The lowest BCUT2D eigenvalue weighted by atomic mass is 10.0. The third kappa shape index (κ3) is 4.79. The first kappa shape index (κ1) is 9.95. The molecular weight excluding hydrogens is 146 g/mol. The first-order chi connectivity index (χ1) is 4.48. The van der Waals surface area contributed by atoms with Gasteiger partial charge in [0.2, 0.25) is 0 Å². The Bertz CT molecular complexity index is 112. The Morgan fingerprint density at radius 1 is 1.50 bits per heavy atom. The van der Waals surface area contributed by atoms with Crippen LogP contribution in [0, 0.1) is 10.8 Å². The molecule has 0 rings (SSSR count). The van der Waals surface area contributed by atoms with E-state index in [1.165, 1.54) is 0 Å². The standard InChI is InChI=1S/C7H15NOS/c1-6(2)5-7(3,4)10-8-9/h6H,5H2,1-4H3. The van der Waals surface area contributed by atoms with E-state index in [9.17, 15) is 4.91 Å². The molecular formula is C7H15NOS. The summed E-state index contributed by atoms with van der Waals surface area (Å²) >= 11 is 1.13. The summed E-state index contributed by atoms with van der Waals surface area (Å²) in [4.78, 5) is 9.91. The highest BCUT2D eigenvalue weighted by Gasteiger charge is 2.20. The summed E-state index contributed by atoms with van der Waals surface area (Å²) in [6, 6.07) is 0. The number of nitrogens with zero attached hydrogens (tertiary/aromatic N) is 1. The normalized spacial score (nSPS) is 12.1. The van der Waals surface area contributed by atoms with Crippen molar-refractivity contribution in [1.29, 1.82) is 0 Å². The Balaban J connectivity index is 3.73. The molecule has 0 aliphatic heterocycles. The molecule has 0 unspecified atom stereocenters. The average molecular weight is 161 g/mol. The molecule has 0 saturated heterocycles. The number of rotatable bonds is 4. The molecule has 0 aliphatic carbocycles. The summed E-state index contributed by atoms with van der Waals surface area (Å²) in [5.41, 5.74) is 0. The zero-order valence-corrected chi connectivity index (χ0v) is 7.86. The van der Waals surface area contributed by atoms with Crippen molar-refractivity contribution in [3.05, 3.63) is 4.91 Å². The molecule has 0 amide bonds. The molecule has 0 bridgehead atoms. The van der Waals surface area contributed by atoms with Gasteiger partial charge in [-0.3, -0.25) is 0 Å². The Labute approximate surface area is 66.9 Å².